The van der Waals surface area contributed by atoms with Crippen LogP contribution in [0.3, 0.4) is 0 Å². The molecule has 136 valence electrons. The number of likely N-dealkylation sites (tertiary alicyclic amines) is 1. The normalized spacial score (nSPS) is 19.4. The van der Waals surface area contributed by atoms with E-state index in [0.717, 1.165) is 67.4 Å². The number of carbonyl (C=O) groups is 2. The molecule has 0 spiro atoms. The number of rotatable bonds is 3. The van der Waals surface area contributed by atoms with Crippen molar-refractivity contribution in [1.29, 1.82) is 0 Å². The van der Waals surface area contributed by atoms with Gasteiger partial charge in [0.2, 0.25) is 0 Å². The van der Waals surface area contributed by atoms with Gasteiger partial charge in [-0.25, -0.2) is 4.79 Å². The summed E-state index contributed by atoms with van der Waals surface area (Å²) in [7, 11) is 0. The predicted molar refractivity (Wildman–Crippen MR) is 99.0 cm³/mol. The maximum atomic E-state index is 12.8. The second-order valence-electron chi connectivity index (χ2n) is 7.45. The summed E-state index contributed by atoms with van der Waals surface area (Å²) in [6.07, 6.45) is 4.91. The Labute approximate surface area is 153 Å². The number of hydrogen-bond donors (Lipinski definition) is 0. The van der Waals surface area contributed by atoms with Crippen LogP contribution in [0.4, 0.5) is 0 Å². The molecule has 1 fully saturated rings. The van der Waals surface area contributed by atoms with E-state index < -0.39 is 5.97 Å². The molecular weight excluding hydrogens is 328 g/mol. The van der Waals surface area contributed by atoms with Crippen molar-refractivity contribution in [2.24, 2.45) is 5.92 Å². The highest BCUT2D eigenvalue weighted by atomic mass is 16.5. The SMILES string of the molecule is C[C@@H]1CCCN(C(=O)COC(=O)c2c3c(nc4ccccc24)CCC3)C1. The first-order valence-electron chi connectivity index (χ1n) is 9.49. The van der Waals surface area contributed by atoms with Crippen LogP contribution >= 0.6 is 0 Å². The number of piperidine rings is 1. The molecule has 5 heteroatoms. The minimum Gasteiger partial charge on any atom is -0.452 e. The van der Waals surface area contributed by atoms with E-state index in [0.29, 0.717) is 11.5 Å². The van der Waals surface area contributed by atoms with E-state index in [4.69, 9.17) is 9.72 Å². The van der Waals surface area contributed by atoms with Crippen LogP contribution in [-0.2, 0) is 22.4 Å². The summed E-state index contributed by atoms with van der Waals surface area (Å²) in [4.78, 5) is 31.8. The van der Waals surface area contributed by atoms with Gasteiger partial charge in [-0.15, -0.1) is 0 Å². The molecule has 1 aromatic carbocycles. The molecule has 0 unspecified atom stereocenters. The number of pyridine rings is 1. The lowest BCUT2D eigenvalue weighted by Crippen LogP contribution is -2.41. The van der Waals surface area contributed by atoms with Gasteiger partial charge in [0.1, 0.15) is 0 Å². The largest absolute Gasteiger partial charge is 0.452 e. The van der Waals surface area contributed by atoms with Gasteiger partial charge in [-0.05, 0) is 49.7 Å². The maximum absolute atomic E-state index is 12.8. The van der Waals surface area contributed by atoms with Crippen molar-refractivity contribution in [3.8, 4) is 0 Å². The van der Waals surface area contributed by atoms with Crippen molar-refractivity contribution in [3.63, 3.8) is 0 Å². The highest BCUT2D eigenvalue weighted by Gasteiger charge is 2.26. The second-order valence-corrected chi connectivity index (χ2v) is 7.45. The van der Waals surface area contributed by atoms with Crippen molar-refractivity contribution < 1.29 is 14.3 Å². The number of benzene rings is 1. The number of aromatic nitrogens is 1. The van der Waals surface area contributed by atoms with E-state index >= 15 is 0 Å². The van der Waals surface area contributed by atoms with Gasteiger partial charge in [0.15, 0.2) is 6.61 Å². The fourth-order valence-electron chi connectivity index (χ4n) is 4.15. The molecule has 1 amide bonds. The van der Waals surface area contributed by atoms with Crippen LogP contribution in [0.5, 0.6) is 0 Å². The van der Waals surface area contributed by atoms with Gasteiger partial charge < -0.3 is 9.64 Å². The first-order chi connectivity index (χ1) is 12.6. The van der Waals surface area contributed by atoms with Crippen LogP contribution in [0.25, 0.3) is 10.9 Å². The van der Waals surface area contributed by atoms with Crippen molar-refractivity contribution in [1.82, 2.24) is 9.88 Å². The maximum Gasteiger partial charge on any atom is 0.339 e. The Morgan fingerprint density at radius 1 is 1.23 bits per heavy atom. The standard InChI is InChI=1S/C21H24N2O3/c1-14-6-5-11-23(12-14)19(24)13-26-21(25)20-15-7-2-3-9-17(15)22-18-10-4-8-16(18)20/h2-3,7,9,14H,4-6,8,10-13H2,1H3/t14-/m1/s1. The van der Waals surface area contributed by atoms with Crippen LogP contribution in [0.15, 0.2) is 24.3 Å². The van der Waals surface area contributed by atoms with Crippen LogP contribution in [-0.4, -0.2) is 41.5 Å². The number of esters is 1. The first kappa shape index (κ1) is 17.0. The highest BCUT2D eigenvalue weighted by Crippen LogP contribution is 2.30. The molecule has 5 nitrogen and oxygen atoms in total. The predicted octanol–water partition coefficient (Wildman–Crippen LogP) is 3.14. The number of nitrogens with zero attached hydrogens (tertiary/aromatic N) is 2. The molecule has 4 rings (SSSR count). The highest BCUT2D eigenvalue weighted by molar-refractivity contribution is 6.05. The van der Waals surface area contributed by atoms with Gasteiger partial charge in [-0.2, -0.15) is 0 Å². The summed E-state index contributed by atoms with van der Waals surface area (Å²) in [5.41, 5.74) is 3.40. The Kier molecular flexibility index (Phi) is 4.62. The zero-order valence-corrected chi connectivity index (χ0v) is 15.2. The zero-order chi connectivity index (χ0) is 18.1. The van der Waals surface area contributed by atoms with Gasteiger partial charge >= 0.3 is 5.97 Å². The molecule has 0 saturated carbocycles. The van der Waals surface area contributed by atoms with Gasteiger partial charge in [-0.1, -0.05) is 25.1 Å². The number of para-hydroxylation sites is 1. The molecule has 0 bridgehead atoms. The Bertz CT molecular complexity index is 862. The Morgan fingerprint density at radius 2 is 2.08 bits per heavy atom. The van der Waals surface area contributed by atoms with Gasteiger partial charge in [0.25, 0.3) is 5.91 Å². The van der Waals surface area contributed by atoms with Gasteiger partial charge in [0, 0.05) is 24.2 Å². The van der Waals surface area contributed by atoms with Gasteiger partial charge in [-0.3, -0.25) is 9.78 Å². The van der Waals surface area contributed by atoms with Crippen molar-refractivity contribution in [2.75, 3.05) is 19.7 Å². The zero-order valence-electron chi connectivity index (χ0n) is 15.2. The number of ether oxygens (including phenoxy) is 1. The topological polar surface area (TPSA) is 59.5 Å². The van der Waals surface area contributed by atoms with Crippen LogP contribution in [0.1, 0.15) is 47.8 Å². The molecule has 26 heavy (non-hydrogen) atoms. The summed E-state index contributed by atoms with van der Waals surface area (Å²) in [6.45, 7) is 3.48. The lowest BCUT2D eigenvalue weighted by Gasteiger charge is -2.30. The fraction of sp³-hybridized carbons (Fsp3) is 0.476. The number of carbonyl (C=O) groups excluding carboxylic acids is 2. The molecule has 1 saturated heterocycles. The third-order valence-electron chi connectivity index (χ3n) is 5.46. The second kappa shape index (κ2) is 7.06. The summed E-state index contributed by atoms with van der Waals surface area (Å²) in [6, 6.07) is 7.66. The average molecular weight is 352 g/mol. The molecule has 2 aromatic rings. The molecule has 0 radical (unpaired) electrons. The number of aryl methyl sites for hydroxylation is 1. The van der Waals surface area contributed by atoms with E-state index in [2.05, 4.69) is 6.92 Å². The molecular formula is C21H24N2O3. The monoisotopic (exact) mass is 352 g/mol. The molecule has 1 aliphatic heterocycles. The van der Waals surface area contributed by atoms with E-state index in [9.17, 15) is 9.59 Å². The third kappa shape index (κ3) is 3.18. The smallest absolute Gasteiger partial charge is 0.339 e. The fourth-order valence-corrected chi connectivity index (χ4v) is 4.15. The quantitative estimate of drug-likeness (QED) is 0.796. The minimum atomic E-state index is -0.403. The van der Waals surface area contributed by atoms with E-state index in [1.54, 1.807) is 0 Å². The van der Waals surface area contributed by atoms with Crippen LogP contribution in [0, 0.1) is 5.92 Å². The number of fused-ring (bicyclic) bond motifs is 2. The summed E-state index contributed by atoms with van der Waals surface area (Å²) >= 11 is 0. The van der Waals surface area contributed by atoms with Crippen molar-refractivity contribution >= 4 is 22.8 Å². The number of hydrogen-bond acceptors (Lipinski definition) is 4. The first-order valence-corrected chi connectivity index (χ1v) is 9.49. The van der Waals surface area contributed by atoms with E-state index in [-0.39, 0.29) is 12.5 Å². The molecule has 0 N–H and O–H groups in total. The van der Waals surface area contributed by atoms with E-state index in [1.807, 2.05) is 29.2 Å². The van der Waals surface area contributed by atoms with Crippen molar-refractivity contribution in [3.05, 3.63) is 41.1 Å². The number of amides is 1. The van der Waals surface area contributed by atoms with Crippen LogP contribution in [0.2, 0.25) is 0 Å². The molecule has 1 aliphatic carbocycles. The lowest BCUT2D eigenvalue weighted by molar-refractivity contribution is -0.136. The van der Waals surface area contributed by atoms with Crippen molar-refractivity contribution in [2.45, 2.75) is 39.0 Å². The van der Waals surface area contributed by atoms with E-state index in [1.165, 1.54) is 0 Å². The van der Waals surface area contributed by atoms with Gasteiger partial charge in [0.05, 0.1) is 11.1 Å². The third-order valence-corrected chi connectivity index (χ3v) is 5.46. The minimum absolute atomic E-state index is 0.0973. The molecule has 2 aliphatic rings. The summed E-state index contributed by atoms with van der Waals surface area (Å²) < 4.78 is 5.45. The summed E-state index contributed by atoms with van der Waals surface area (Å²) in [5, 5.41) is 0.817. The average Bonchev–Trinajstić information content (AvgIpc) is 3.11. The Balaban J connectivity index is 1.54. The molecule has 1 aromatic heterocycles. The van der Waals surface area contributed by atoms with Crippen LogP contribution < -0.4 is 0 Å². The Hall–Kier alpha value is -2.43. The lowest BCUT2D eigenvalue weighted by atomic mass is 10.0. The molecule has 2 heterocycles. The summed E-state index contributed by atoms with van der Waals surface area (Å²) in [5.74, 6) is 0.0101. The Morgan fingerprint density at radius 3 is 2.92 bits per heavy atom. The molecule has 1 atom stereocenters.